The highest BCUT2D eigenvalue weighted by atomic mass is 19.1. The zero-order valence-electron chi connectivity index (χ0n) is 18.1. The minimum atomic E-state index is -1.56. The van der Waals surface area contributed by atoms with Crippen molar-refractivity contribution in [3.8, 4) is 11.5 Å². The number of amides is 2. The summed E-state index contributed by atoms with van der Waals surface area (Å²) in [7, 11) is 0. The highest BCUT2D eigenvalue weighted by Crippen LogP contribution is 2.30. The van der Waals surface area contributed by atoms with E-state index in [0.717, 1.165) is 0 Å². The molecular weight excluding hydrogens is 413 g/mol. The average Bonchev–Trinajstić information content (AvgIpc) is 3.30. The Kier molecular flexibility index (Phi) is 5.33. The van der Waals surface area contributed by atoms with Gasteiger partial charge in [0.2, 0.25) is 17.7 Å². The van der Waals surface area contributed by atoms with Crippen LogP contribution in [0.1, 0.15) is 32.2 Å². The van der Waals surface area contributed by atoms with Gasteiger partial charge in [-0.15, -0.1) is 10.2 Å². The lowest BCUT2D eigenvalue weighted by Gasteiger charge is -2.17. The quantitative estimate of drug-likeness (QED) is 0.605. The molecule has 3 aromatic rings. The molecule has 1 aliphatic rings. The van der Waals surface area contributed by atoms with Crippen LogP contribution in [0.2, 0.25) is 0 Å². The summed E-state index contributed by atoms with van der Waals surface area (Å²) in [5, 5.41) is 16.0. The number of aromatic nitrogens is 2. The van der Waals surface area contributed by atoms with E-state index in [1.54, 1.807) is 62.4 Å². The van der Waals surface area contributed by atoms with Crippen LogP contribution in [0.5, 0.6) is 0 Å². The van der Waals surface area contributed by atoms with E-state index < -0.39 is 23.4 Å². The van der Waals surface area contributed by atoms with E-state index in [0.29, 0.717) is 40.0 Å². The first-order valence-electron chi connectivity index (χ1n) is 10.0. The lowest BCUT2D eigenvalue weighted by atomic mass is 9.99. The molecule has 0 bridgehead atoms. The van der Waals surface area contributed by atoms with E-state index in [2.05, 4.69) is 20.6 Å². The van der Waals surface area contributed by atoms with Gasteiger partial charge in [-0.05, 0) is 56.7 Å². The molecule has 2 heterocycles. The van der Waals surface area contributed by atoms with E-state index in [9.17, 15) is 14.0 Å². The standard InChI is InChI=1S/C23H22FN5O3/c1-13-19(20(30)25-17-9-6-8-16(12-17)23(3,4)24)22(31)29(28-13)18-10-5-7-15(11-18)21-27-26-14(2)32-21/h5-12,19H,1-4H3,(H,25,30). The number of halogens is 1. The first kappa shape index (κ1) is 21.4. The zero-order chi connectivity index (χ0) is 23.0. The second-order valence-electron chi connectivity index (χ2n) is 8.04. The van der Waals surface area contributed by atoms with Crippen LogP contribution in [0.3, 0.4) is 0 Å². The number of hydrogen-bond donors (Lipinski definition) is 1. The monoisotopic (exact) mass is 435 g/mol. The van der Waals surface area contributed by atoms with Crippen LogP contribution < -0.4 is 10.3 Å². The summed E-state index contributed by atoms with van der Waals surface area (Å²) in [6.07, 6.45) is 0. The fourth-order valence-electron chi connectivity index (χ4n) is 3.42. The molecule has 1 aliphatic heterocycles. The molecule has 164 valence electrons. The maximum absolute atomic E-state index is 14.3. The first-order valence-corrected chi connectivity index (χ1v) is 10.0. The maximum Gasteiger partial charge on any atom is 0.265 e. The summed E-state index contributed by atoms with van der Waals surface area (Å²) < 4.78 is 19.7. The molecule has 32 heavy (non-hydrogen) atoms. The van der Waals surface area contributed by atoms with Gasteiger partial charge in [-0.3, -0.25) is 9.59 Å². The lowest BCUT2D eigenvalue weighted by Crippen LogP contribution is -2.36. The van der Waals surface area contributed by atoms with Crippen LogP contribution in [0.15, 0.2) is 58.0 Å². The molecule has 0 saturated heterocycles. The normalized spacial score (nSPS) is 16.3. The average molecular weight is 435 g/mol. The minimum absolute atomic E-state index is 0.321. The van der Waals surface area contributed by atoms with Gasteiger partial charge in [-0.25, -0.2) is 4.39 Å². The fourth-order valence-corrected chi connectivity index (χ4v) is 3.42. The molecule has 9 heteroatoms. The van der Waals surface area contributed by atoms with Crippen LogP contribution in [-0.2, 0) is 15.3 Å². The van der Waals surface area contributed by atoms with Crippen molar-refractivity contribution < 1.29 is 18.4 Å². The second-order valence-corrected chi connectivity index (χ2v) is 8.04. The molecule has 2 aromatic carbocycles. The number of nitrogens with zero attached hydrogens (tertiary/aromatic N) is 4. The van der Waals surface area contributed by atoms with Crippen LogP contribution in [0.25, 0.3) is 11.5 Å². The molecule has 1 aromatic heterocycles. The number of alkyl halides is 1. The van der Waals surface area contributed by atoms with E-state index in [4.69, 9.17) is 4.42 Å². The summed E-state index contributed by atoms with van der Waals surface area (Å²) >= 11 is 0. The predicted molar refractivity (Wildman–Crippen MR) is 118 cm³/mol. The number of carbonyl (C=O) groups excluding carboxylic acids is 2. The topological polar surface area (TPSA) is 101 Å². The number of hydrazone groups is 1. The molecule has 0 radical (unpaired) electrons. The highest BCUT2D eigenvalue weighted by molar-refractivity contribution is 6.28. The van der Waals surface area contributed by atoms with Gasteiger partial charge in [0, 0.05) is 18.2 Å². The number of nitrogens with one attached hydrogen (secondary N) is 1. The summed E-state index contributed by atoms with van der Waals surface area (Å²) in [4.78, 5) is 26.0. The minimum Gasteiger partial charge on any atom is -0.421 e. The van der Waals surface area contributed by atoms with E-state index >= 15 is 0 Å². The van der Waals surface area contributed by atoms with Crippen molar-refractivity contribution in [1.82, 2.24) is 10.2 Å². The van der Waals surface area contributed by atoms with E-state index in [-0.39, 0.29) is 0 Å². The van der Waals surface area contributed by atoms with Crippen molar-refractivity contribution in [2.75, 3.05) is 10.3 Å². The summed E-state index contributed by atoms with van der Waals surface area (Å²) in [5.74, 6) is -1.36. The number of anilines is 2. The van der Waals surface area contributed by atoms with Gasteiger partial charge >= 0.3 is 0 Å². The van der Waals surface area contributed by atoms with Gasteiger partial charge in [-0.2, -0.15) is 10.1 Å². The largest absolute Gasteiger partial charge is 0.421 e. The second kappa shape index (κ2) is 7.99. The van der Waals surface area contributed by atoms with Crippen LogP contribution >= 0.6 is 0 Å². The lowest BCUT2D eigenvalue weighted by molar-refractivity contribution is -0.127. The van der Waals surface area contributed by atoms with Crippen molar-refractivity contribution in [2.24, 2.45) is 11.0 Å². The Labute approximate surface area is 184 Å². The van der Waals surface area contributed by atoms with E-state index in [1.807, 2.05) is 0 Å². The van der Waals surface area contributed by atoms with Crippen molar-refractivity contribution in [3.63, 3.8) is 0 Å². The molecular formula is C23H22FN5O3. The van der Waals surface area contributed by atoms with Crippen LogP contribution in [-0.4, -0.2) is 27.7 Å². The van der Waals surface area contributed by atoms with Crippen molar-refractivity contribution >= 4 is 28.9 Å². The first-order chi connectivity index (χ1) is 15.1. The maximum atomic E-state index is 14.3. The number of rotatable bonds is 5. The highest BCUT2D eigenvalue weighted by Gasteiger charge is 2.40. The molecule has 0 saturated carbocycles. The Balaban J connectivity index is 1.55. The van der Waals surface area contributed by atoms with Gasteiger partial charge in [0.15, 0.2) is 5.92 Å². The van der Waals surface area contributed by atoms with Crippen molar-refractivity contribution in [1.29, 1.82) is 0 Å². The van der Waals surface area contributed by atoms with Crippen LogP contribution in [0, 0.1) is 12.8 Å². The number of hydrogen-bond acceptors (Lipinski definition) is 6. The molecule has 8 nitrogen and oxygen atoms in total. The molecule has 1 unspecified atom stereocenters. The smallest absolute Gasteiger partial charge is 0.265 e. The Hall–Kier alpha value is -3.88. The third-order valence-electron chi connectivity index (χ3n) is 5.07. The number of carbonyl (C=O) groups is 2. The Morgan fingerprint density at radius 2 is 1.88 bits per heavy atom. The molecule has 0 aliphatic carbocycles. The number of aryl methyl sites for hydroxylation is 1. The Morgan fingerprint density at radius 1 is 1.12 bits per heavy atom. The summed E-state index contributed by atoms with van der Waals surface area (Å²) in [6.45, 7) is 6.18. The molecule has 0 spiro atoms. The summed E-state index contributed by atoms with van der Waals surface area (Å²) in [6, 6.07) is 13.4. The molecule has 1 N–H and O–H groups in total. The molecule has 1 atom stereocenters. The summed E-state index contributed by atoms with van der Waals surface area (Å²) in [5.41, 5.74) is 0.731. The number of benzene rings is 2. The van der Waals surface area contributed by atoms with Gasteiger partial charge < -0.3 is 9.73 Å². The van der Waals surface area contributed by atoms with Gasteiger partial charge in [0.1, 0.15) is 5.67 Å². The van der Waals surface area contributed by atoms with Crippen LogP contribution in [0.4, 0.5) is 15.8 Å². The predicted octanol–water partition coefficient (Wildman–Crippen LogP) is 4.23. The van der Waals surface area contributed by atoms with Gasteiger partial charge in [0.05, 0.1) is 11.4 Å². The molecule has 4 rings (SSSR count). The van der Waals surface area contributed by atoms with Gasteiger partial charge in [-0.1, -0.05) is 18.2 Å². The van der Waals surface area contributed by atoms with Crippen molar-refractivity contribution in [3.05, 3.63) is 60.0 Å². The van der Waals surface area contributed by atoms with Crippen molar-refractivity contribution in [2.45, 2.75) is 33.4 Å². The van der Waals surface area contributed by atoms with Gasteiger partial charge in [0.25, 0.3) is 5.91 Å². The third kappa shape index (κ3) is 4.14. The SMILES string of the molecule is CC1=NN(c2cccc(-c3nnc(C)o3)c2)C(=O)C1C(=O)Nc1cccc(C(C)(C)F)c1. The Bertz CT molecular complexity index is 1230. The fraction of sp³-hybridized carbons (Fsp3) is 0.261. The molecule has 0 fully saturated rings. The third-order valence-corrected chi connectivity index (χ3v) is 5.07. The zero-order valence-corrected chi connectivity index (χ0v) is 18.1. The Morgan fingerprint density at radius 3 is 2.56 bits per heavy atom. The molecule has 2 amide bonds. The van der Waals surface area contributed by atoms with E-state index in [1.165, 1.54) is 18.9 Å².